The van der Waals surface area contributed by atoms with Crippen molar-refractivity contribution >= 4 is 41.3 Å². The second kappa shape index (κ2) is 8.34. The zero-order valence-corrected chi connectivity index (χ0v) is 17.2. The van der Waals surface area contributed by atoms with E-state index in [0.29, 0.717) is 29.8 Å². The van der Waals surface area contributed by atoms with Crippen molar-refractivity contribution in [3.05, 3.63) is 34.2 Å². The number of thioether (sulfide) groups is 1. The number of carbonyl (C=O) groups is 5. The Morgan fingerprint density at radius 1 is 1.40 bits per heavy atom. The first-order chi connectivity index (χ1) is 14.1. The minimum absolute atomic E-state index is 0.0880. The van der Waals surface area contributed by atoms with E-state index in [-0.39, 0.29) is 40.4 Å². The molecule has 3 rings (SSSR count). The molecule has 1 aromatic heterocycles. The number of hydrogen-bond acceptors (Lipinski definition) is 7. The Hall–Kier alpha value is -3.08. The summed E-state index contributed by atoms with van der Waals surface area (Å²) in [6.07, 6.45) is 0.838. The molecule has 1 unspecified atom stereocenters. The Bertz CT molecular complexity index is 995. The average molecular weight is 435 g/mol. The fourth-order valence-corrected chi connectivity index (χ4v) is 5.13. The lowest BCUT2D eigenvalue weighted by atomic mass is 9.92. The van der Waals surface area contributed by atoms with Gasteiger partial charge in [-0.05, 0) is 19.4 Å². The van der Waals surface area contributed by atoms with Crippen molar-refractivity contribution in [2.75, 3.05) is 5.75 Å². The van der Waals surface area contributed by atoms with Gasteiger partial charge in [-0.2, -0.15) is 0 Å². The summed E-state index contributed by atoms with van der Waals surface area (Å²) in [7, 11) is 0. The van der Waals surface area contributed by atoms with Crippen LogP contribution in [0.5, 0.6) is 0 Å². The van der Waals surface area contributed by atoms with Crippen molar-refractivity contribution < 1.29 is 33.8 Å². The number of aromatic nitrogens is 1. The van der Waals surface area contributed by atoms with Crippen molar-refractivity contribution in [3.8, 4) is 0 Å². The van der Waals surface area contributed by atoms with Crippen LogP contribution in [-0.2, 0) is 27.5 Å². The van der Waals surface area contributed by atoms with Gasteiger partial charge >= 0.3 is 12.1 Å². The predicted molar refractivity (Wildman–Crippen MR) is 106 cm³/mol. The van der Waals surface area contributed by atoms with Gasteiger partial charge in [0.05, 0.1) is 5.56 Å². The normalized spacial score (nSPS) is 18.3. The zero-order chi connectivity index (χ0) is 22.2. The summed E-state index contributed by atoms with van der Waals surface area (Å²) >= 11 is 1.29. The number of ketones is 2. The number of ether oxygens (including phenoxy) is 1. The van der Waals surface area contributed by atoms with Gasteiger partial charge in [-0.15, -0.1) is 11.8 Å². The number of nitrogens with zero attached hydrogens (tertiary/aromatic N) is 1. The summed E-state index contributed by atoms with van der Waals surface area (Å²) < 4.78 is 6.68. The van der Waals surface area contributed by atoms with Crippen LogP contribution in [0.25, 0.3) is 0 Å². The molecular formula is C19H21N3O7S. The number of carboxylic acid groups (broad SMARTS) is 1. The molecular weight excluding hydrogens is 414 g/mol. The molecule has 2 amide bonds. The Balaban J connectivity index is 1.97. The van der Waals surface area contributed by atoms with Crippen LogP contribution < -0.4 is 11.1 Å². The van der Waals surface area contributed by atoms with Crippen LogP contribution in [0.4, 0.5) is 4.79 Å². The molecule has 1 aliphatic carbocycles. The summed E-state index contributed by atoms with van der Waals surface area (Å²) in [5.41, 5.74) is 6.92. The van der Waals surface area contributed by atoms with Gasteiger partial charge < -0.3 is 25.5 Å². The number of amides is 2. The first-order valence-electron chi connectivity index (χ1n) is 9.18. The summed E-state index contributed by atoms with van der Waals surface area (Å²) in [4.78, 5) is 59.2. The molecule has 160 valence electrons. The van der Waals surface area contributed by atoms with Gasteiger partial charge in [0.25, 0.3) is 0 Å². The van der Waals surface area contributed by atoms with Crippen molar-refractivity contribution in [2.24, 2.45) is 5.73 Å². The molecule has 0 saturated carbocycles. The molecule has 0 spiro atoms. The van der Waals surface area contributed by atoms with E-state index in [1.807, 2.05) is 0 Å². The number of rotatable bonds is 7. The standard InChI is InChI=1S/C19H21N3O7S/c1-8-5-12(24)14-10(6-29-19(20)28)15-13(3-4-22(15)16(14)17(8)25)30-7-11(18(26)27)21-9(2)23/h5,11,13H,3-4,6-7H2,1-2H3,(H2,20,28)(H,21,23)(H,26,27)/t11-,13?/m1/s1. The topological polar surface area (TPSA) is 158 Å². The molecule has 0 fully saturated rings. The summed E-state index contributed by atoms with van der Waals surface area (Å²) in [5, 5.41) is 11.5. The molecule has 0 radical (unpaired) electrons. The van der Waals surface area contributed by atoms with Gasteiger partial charge in [0.15, 0.2) is 5.78 Å². The largest absolute Gasteiger partial charge is 0.480 e. The van der Waals surface area contributed by atoms with Crippen molar-refractivity contribution in [2.45, 2.75) is 44.7 Å². The van der Waals surface area contributed by atoms with E-state index in [1.54, 1.807) is 11.5 Å². The van der Waals surface area contributed by atoms with E-state index < -0.39 is 24.0 Å². The van der Waals surface area contributed by atoms with Gasteiger partial charge in [0.2, 0.25) is 11.7 Å². The number of fused-ring (bicyclic) bond motifs is 3. The van der Waals surface area contributed by atoms with Crippen LogP contribution in [0, 0.1) is 0 Å². The molecule has 11 heteroatoms. The molecule has 2 atom stereocenters. The van der Waals surface area contributed by atoms with E-state index in [2.05, 4.69) is 5.32 Å². The van der Waals surface area contributed by atoms with Gasteiger partial charge in [-0.1, -0.05) is 0 Å². The van der Waals surface area contributed by atoms with Crippen molar-refractivity contribution in [1.82, 2.24) is 9.88 Å². The third-order valence-corrected chi connectivity index (χ3v) is 6.38. The number of carbonyl (C=O) groups excluding carboxylic acids is 4. The molecule has 2 aliphatic rings. The fourth-order valence-electron chi connectivity index (χ4n) is 3.78. The van der Waals surface area contributed by atoms with E-state index in [1.165, 1.54) is 24.8 Å². The number of carboxylic acids is 1. The van der Waals surface area contributed by atoms with E-state index in [9.17, 15) is 29.1 Å². The molecule has 1 aliphatic heterocycles. The number of nitrogens with two attached hydrogens (primary N) is 1. The van der Waals surface area contributed by atoms with E-state index >= 15 is 0 Å². The van der Waals surface area contributed by atoms with Gasteiger partial charge in [-0.25, -0.2) is 9.59 Å². The number of allylic oxidation sites excluding steroid dienone is 2. The van der Waals surface area contributed by atoms with Crippen molar-refractivity contribution in [1.29, 1.82) is 0 Å². The van der Waals surface area contributed by atoms with Crippen LogP contribution in [0.15, 0.2) is 11.6 Å². The third-order valence-electron chi connectivity index (χ3n) is 4.99. The smallest absolute Gasteiger partial charge is 0.404 e. The van der Waals surface area contributed by atoms with Crippen molar-refractivity contribution in [3.63, 3.8) is 0 Å². The highest BCUT2D eigenvalue weighted by atomic mass is 32.2. The monoisotopic (exact) mass is 435 g/mol. The lowest BCUT2D eigenvalue weighted by Gasteiger charge is -2.17. The molecule has 1 aromatic rings. The molecule has 0 saturated heterocycles. The fraction of sp³-hybridized carbons (Fsp3) is 0.421. The van der Waals surface area contributed by atoms with E-state index in [0.717, 1.165) is 0 Å². The van der Waals surface area contributed by atoms with E-state index in [4.69, 9.17) is 10.5 Å². The highest BCUT2D eigenvalue weighted by molar-refractivity contribution is 7.99. The number of aliphatic carboxylic acids is 1. The van der Waals surface area contributed by atoms with Crippen LogP contribution in [-0.4, -0.2) is 51.0 Å². The SMILES string of the molecule is CC(=O)N[C@H](CSC1CCn2c3c(c(COC(N)=O)c21)C(=O)C=C(C)C3=O)C(=O)O. The zero-order valence-electron chi connectivity index (χ0n) is 16.4. The highest BCUT2D eigenvalue weighted by Gasteiger charge is 2.39. The van der Waals surface area contributed by atoms with Crippen LogP contribution in [0.2, 0.25) is 0 Å². The minimum atomic E-state index is -1.16. The second-order valence-corrected chi connectivity index (χ2v) is 8.31. The van der Waals surface area contributed by atoms with Crippen LogP contribution >= 0.6 is 11.8 Å². The molecule has 4 N–H and O–H groups in total. The summed E-state index contributed by atoms with van der Waals surface area (Å²) in [6.45, 7) is 2.99. The number of primary amides is 1. The third kappa shape index (κ3) is 3.97. The van der Waals surface area contributed by atoms with Crippen LogP contribution in [0.3, 0.4) is 0 Å². The minimum Gasteiger partial charge on any atom is -0.480 e. The Morgan fingerprint density at radius 3 is 2.70 bits per heavy atom. The maximum atomic E-state index is 12.8. The second-order valence-electron chi connectivity index (χ2n) is 7.07. The lowest BCUT2D eigenvalue weighted by molar-refractivity contribution is -0.140. The molecule has 30 heavy (non-hydrogen) atoms. The first-order valence-corrected chi connectivity index (χ1v) is 10.2. The number of hydrogen-bond donors (Lipinski definition) is 3. The molecule has 0 bridgehead atoms. The first kappa shape index (κ1) is 21.6. The number of nitrogens with one attached hydrogen (secondary N) is 1. The molecule has 2 heterocycles. The predicted octanol–water partition coefficient (Wildman–Crippen LogP) is 1.18. The Labute approximate surface area is 175 Å². The quantitative estimate of drug-likeness (QED) is 0.576. The van der Waals surface area contributed by atoms with Crippen LogP contribution in [0.1, 0.15) is 57.6 Å². The summed E-state index contributed by atoms with van der Waals surface area (Å²) in [6, 6.07) is -1.08. The Kier molecular flexibility index (Phi) is 6.01. The van der Waals surface area contributed by atoms with Gasteiger partial charge in [-0.3, -0.25) is 14.4 Å². The summed E-state index contributed by atoms with van der Waals surface area (Å²) in [5.74, 6) is -2.15. The highest BCUT2D eigenvalue weighted by Crippen LogP contribution is 2.45. The Morgan fingerprint density at radius 2 is 2.10 bits per heavy atom. The molecule has 0 aromatic carbocycles. The molecule has 10 nitrogen and oxygen atoms in total. The maximum Gasteiger partial charge on any atom is 0.404 e. The number of Topliss-reactive ketones (excluding diaryl/α,β-unsaturated/α-hetero) is 1. The average Bonchev–Trinajstić information content (AvgIpc) is 3.19. The maximum absolute atomic E-state index is 12.8. The lowest BCUT2D eigenvalue weighted by Crippen LogP contribution is -2.41. The van der Waals surface area contributed by atoms with Gasteiger partial charge in [0.1, 0.15) is 18.3 Å². The van der Waals surface area contributed by atoms with Gasteiger partial charge in [0, 0.05) is 41.3 Å².